The van der Waals surface area contributed by atoms with E-state index in [-0.39, 0.29) is 0 Å². The van der Waals surface area contributed by atoms with Gasteiger partial charge in [-0.3, -0.25) is 4.79 Å². The number of carbonyl (C=O) groups is 1. The average Bonchev–Trinajstić information content (AvgIpc) is 3.02. The number of hydrogen-bond acceptors (Lipinski definition) is 3. The maximum Gasteiger partial charge on any atom is 0.250 e. The topological polar surface area (TPSA) is 63.3 Å². The standard InChI is InChI=1S/C17H11F2NO2S/c18-13-7-11(8-14(19)15(13)21)9-1-3-10(4-2-9)16-12(17(20)22)5-6-23-16/h1-8,21H,(H2,20,22). The number of rotatable bonds is 3. The highest BCUT2D eigenvalue weighted by atomic mass is 32.1. The maximum atomic E-state index is 13.4. The van der Waals surface area contributed by atoms with Crippen molar-refractivity contribution < 1.29 is 18.7 Å². The predicted molar refractivity (Wildman–Crippen MR) is 85.3 cm³/mol. The van der Waals surface area contributed by atoms with E-state index in [2.05, 4.69) is 0 Å². The number of hydrogen-bond donors (Lipinski definition) is 2. The first-order valence-corrected chi connectivity index (χ1v) is 7.51. The van der Waals surface area contributed by atoms with Gasteiger partial charge in [0.25, 0.3) is 0 Å². The van der Waals surface area contributed by atoms with Crippen molar-refractivity contribution in [2.24, 2.45) is 5.73 Å². The summed E-state index contributed by atoms with van der Waals surface area (Å²) in [6, 6.07) is 10.6. The first kappa shape index (κ1) is 15.2. The number of thiophene rings is 1. The molecule has 0 aliphatic carbocycles. The molecule has 3 N–H and O–H groups in total. The highest BCUT2D eigenvalue weighted by Gasteiger charge is 2.13. The smallest absolute Gasteiger partial charge is 0.250 e. The third kappa shape index (κ3) is 2.80. The van der Waals surface area contributed by atoms with Crippen LogP contribution in [0.5, 0.6) is 5.75 Å². The van der Waals surface area contributed by atoms with E-state index in [0.29, 0.717) is 16.7 Å². The highest BCUT2D eigenvalue weighted by molar-refractivity contribution is 7.14. The summed E-state index contributed by atoms with van der Waals surface area (Å²) in [6.45, 7) is 0. The number of phenols is 1. The lowest BCUT2D eigenvalue weighted by Gasteiger charge is -2.06. The molecule has 0 bridgehead atoms. The van der Waals surface area contributed by atoms with Crippen molar-refractivity contribution in [2.45, 2.75) is 0 Å². The molecule has 0 saturated carbocycles. The Bertz CT molecular complexity index is 865. The van der Waals surface area contributed by atoms with Gasteiger partial charge < -0.3 is 10.8 Å². The van der Waals surface area contributed by atoms with Gasteiger partial charge in [-0.1, -0.05) is 24.3 Å². The van der Waals surface area contributed by atoms with E-state index in [9.17, 15) is 13.6 Å². The Morgan fingerprint density at radius 1 is 0.957 bits per heavy atom. The van der Waals surface area contributed by atoms with Gasteiger partial charge in [-0.15, -0.1) is 11.3 Å². The summed E-state index contributed by atoms with van der Waals surface area (Å²) in [4.78, 5) is 12.1. The van der Waals surface area contributed by atoms with Crippen LogP contribution in [-0.2, 0) is 0 Å². The highest BCUT2D eigenvalue weighted by Crippen LogP contribution is 2.32. The molecule has 6 heteroatoms. The van der Waals surface area contributed by atoms with Gasteiger partial charge in [0, 0.05) is 4.88 Å². The number of aromatic hydroxyl groups is 1. The number of phenolic OH excluding ortho intramolecular Hbond substituents is 1. The Labute approximate surface area is 134 Å². The van der Waals surface area contributed by atoms with Crippen molar-refractivity contribution in [1.29, 1.82) is 0 Å². The van der Waals surface area contributed by atoms with Gasteiger partial charge in [0.2, 0.25) is 5.91 Å². The second kappa shape index (κ2) is 5.81. The van der Waals surface area contributed by atoms with E-state index in [1.807, 2.05) is 0 Å². The quantitative estimate of drug-likeness (QED) is 0.757. The summed E-state index contributed by atoms with van der Waals surface area (Å²) in [5.74, 6) is -3.53. The zero-order valence-corrected chi connectivity index (χ0v) is 12.5. The molecule has 3 aromatic rings. The monoisotopic (exact) mass is 331 g/mol. The van der Waals surface area contributed by atoms with E-state index >= 15 is 0 Å². The largest absolute Gasteiger partial charge is 0.503 e. The lowest BCUT2D eigenvalue weighted by atomic mass is 10.0. The van der Waals surface area contributed by atoms with Crippen LogP contribution in [0, 0.1) is 11.6 Å². The minimum atomic E-state index is -1.02. The van der Waals surface area contributed by atoms with Gasteiger partial charge in [-0.2, -0.15) is 0 Å². The first-order chi connectivity index (χ1) is 11.0. The van der Waals surface area contributed by atoms with Crippen LogP contribution in [0.25, 0.3) is 21.6 Å². The molecule has 0 radical (unpaired) electrons. The third-order valence-corrected chi connectivity index (χ3v) is 4.39. The second-order valence-corrected chi connectivity index (χ2v) is 5.81. The number of carbonyl (C=O) groups excluding carboxylic acids is 1. The van der Waals surface area contributed by atoms with Crippen molar-refractivity contribution >= 4 is 17.2 Å². The Morgan fingerprint density at radius 2 is 1.52 bits per heavy atom. The molecule has 0 aliphatic rings. The number of halogens is 2. The lowest BCUT2D eigenvalue weighted by molar-refractivity contribution is 0.100. The van der Waals surface area contributed by atoms with E-state index < -0.39 is 23.3 Å². The van der Waals surface area contributed by atoms with Crippen molar-refractivity contribution in [2.75, 3.05) is 0 Å². The molecule has 1 amide bonds. The molecular weight excluding hydrogens is 320 g/mol. The van der Waals surface area contributed by atoms with Gasteiger partial charge in [-0.05, 0) is 40.3 Å². The van der Waals surface area contributed by atoms with Crippen LogP contribution < -0.4 is 5.73 Å². The zero-order chi connectivity index (χ0) is 16.6. The molecule has 0 unspecified atom stereocenters. The fourth-order valence-electron chi connectivity index (χ4n) is 2.27. The molecule has 0 aliphatic heterocycles. The van der Waals surface area contributed by atoms with Gasteiger partial charge >= 0.3 is 0 Å². The van der Waals surface area contributed by atoms with Gasteiger partial charge in [0.05, 0.1) is 5.56 Å². The predicted octanol–water partition coefficient (Wildman–Crippen LogP) is 4.16. The zero-order valence-electron chi connectivity index (χ0n) is 11.7. The van der Waals surface area contributed by atoms with Crippen LogP contribution in [0.15, 0.2) is 47.8 Å². The molecule has 1 aromatic heterocycles. The molecule has 23 heavy (non-hydrogen) atoms. The fourth-order valence-corrected chi connectivity index (χ4v) is 3.18. The summed E-state index contributed by atoms with van der Waals surface area (Å²) in [5, 5.41) is 10.9. The molecule has 3 rings (SSSR count). The Hall–Kier alpha value is -2.73. The van der Waals surface area contributed by atoms with Crippen molar-refractivity contribution in [3.05, 3.63) is 65.0 Å². The van der Waals surface area contributed by atoms with Crippen molar-refractivity contribution in [3.63, 3.8) is 0 Å². The summed E-state index contributed by atoms with van der Waals surface area (Å²) >= 11 is 1.39. The van der Waals surface area contributed by atoms with Crippen molar-refractivity contribution in [1.82, 2.24) is 0 Å². The minimum absolute atomic E-state index is 0.311. The van der Waals surface area contributed by atoms with Gasteiger partial charge in [-0.25, -0.2) is 8.78 Å². The fraction of sp³-hybridized carbons (Fsp3) is 0. The van der Waals surface area contributed by atoms with E-state index in [4.69, 9.17) is 10.8 Å². The van der Waals surface area contributed by atoms with Crippen LogP contribution in [0.3, 0.4) is 0 Å². The number of primary amides is 1. The number of nitrogens with two attached hydrogens (primary N) is 1. The summed E-state index contributed by atoms with van der Waals surface area (Å²) in [5.41, 5.74) is 7.45. The molecule has 116 valence electrons. The maximum absolute atomic E-state index is 13.4. The third-order valence-electron chi connectivity index (χ3n) is 3.43. The molecule has 0 fully saturated rings. The molecule has 3 nitrogen and oxygen atoms in total. The molecular formula is C17H11F2NO2S. The van der Waals surface area contributed by atoms with Crippen LogP contribution >= 0.6 is 11.3 Å². The van der Waals surface area contributed by atoms with E-state index in [1.165, 1.54) is 11.3 Å². The van der Waals surface area contributed by atoms with Crippen molar-refractivity contribution in [3.8, 4) is 27.3 Å². The summed E-state index contributed by atoms with van der Waals surface area (Å²) in [6.07, 6.45) is 0. The number of benzene rings is 2. The Balaban J connectivity index is 2.00. The first-order valence-electron chi connectivity index (χ1n) is 6.63. The van der Waals surface area contributed by atoms with Gasteiger partial charge in [0.15, 0.2) is 17.4 Å². The molecule has 1 heterocycles. The second-order valence-electron chi connectivity index (χ2n) is 4.89. The van der Waals surface area contributed by atoms with Crippen LogP contribution in [-0.4, -0.2) is 11.0 Å². The Kier molecular flexibility index (Phi) is 3.83. The summed E-state index contributed by atoms with van der Waals surface area (Å²) < 4.78 is 26.9. The summed E-state index contributed by atoms with van der Waals surface area (Å²) in [7, 11) is 0. The lowest BCUT2D eigenvalue weighted by Crippen LogP contribution is -2.10. The van der Waals surface area contributed by atoms with Crippen LogP contribution in [0.1, 0.15) is 10.4 Å². The SMILES string of the molecule is NC(=O)c1ccsc1-c1ccc(-c2cc(F)c(O)c(F)c2)cc1. The molecule has 0 spiro atoms. The average molecular weight is 331 g/mol. The molecule has 0 saturated heterocycles. The minimum Gasteiger partial charge on any atom is -0.503 e. The van der Waals surface area contributed by atoms with Crippen LogP contribution in [0.4, 0.5) is 8.78 Å². The van der Waals surface area contributed by atoms with Gasteiger partial charge in [0.1, 0.15) is 0 Å². The molecule has 0 atom stereocenters. The van der Waals surface area contributed by atoms with E-state index in [1.54, 1.807) is 35.7 Å². The normalized spacial score (nSPS) is 10.7. The Morgan fingerprint density at radius 3 is 2.09 bits per heavy atom. The van der Waals surface area contributed by atoms with Crippen LogP contribution in [0.2, 0.25) is 0 Å². The molecule has 2 aromatic carbocycles. The van der Waals surface area contributed by atoms with E-state index in [0.717, 1.165) is 22.6 Å². The number of amides is 1.